The number of amides is 1. The van der Waals surface area contributed by atoms with E-state index < -0.39 is 6.04 Å². The molecule has 1 aromatic rings. The lowest BCUT2D eigenvalue weighted by atomic mass is 10.2. The predicted octanol–water partition coefficient (Wildman–Crippen LogP) is 0.910. The first kappa shape index (κ1) is 15.2. The summed E-state index contributed by atoms with van der Waals surface area (Å²) in [5.41, 5.74) is 0. The first-order valence-electron chi connectivity index (χ1n) is 6.31. The zero-order valence-electron chi connectivity index (χ0n) is 11.0. The molecular formula is C11H15Cl2N5O2. The number of aromatic nitrogens is 3. The second kappa shape index (κ2) is 7.01. The molecule has 0 aliphatic carbocycles. The molecule has 1 fully saturated rings. The van der Waals surface area contributed by atoms with Crippen LogP contribution in [0.25, 0.3) is 0 Å². The minimum absolute atomic E-state index is 0.000733. The van der Waals surface area contributed by atoms with Crippen LogP contribution in [0.5, 0.6) is 0 Å². The minimum atomic E-state index is -0.496. The van der Waals surface area contributed by atoms with Crippen LogP contribution >= 0.6 is 23.2 Å². The van der Waals surface area contributed by atoms with Gasteiger partial charge in [-0.15, -0.1) is 0 Å². The highest BCUT2D eigenvalue weighted by Gasteiger charge is 2.31. The smallest absolute Gasteiger partial charge is 0.245 e. The topological polar surface area (TPSA) is 80.2 Å². The van der Waals surface area contributed by atoms with Gasteiger partial charge < -0.3 is 15.0 Å². The lowest BCUT2D eigenvalue weighted by Gasteiger charge is -2.34. The van der Waals surface area contributed by atoms with Gasteiger partial charge in [0.25, 0.3) is 0 Å². The summed E-state index contributed by atoms with van der Waals surface area (Å²) in [4.78, 5) is 25.6. The fourth-order valence-corrected chi connectivity index (χ4v) is 2.23. The molecule has 2 rings (SSSR count). The summed E-state index contributed by atoms with van der Waals surface area (Å²) < 4.78 is 5.36. The number of halogens is 2. The van der Waals surface area contributed by atoms with Gasteiger partial charge in [0.05, 0.1) is 13.2 Å². The summed E-state index contributed by atoms with van der Waals surface area (Å²) in [6.07, 6.45) is 0.864. The molecule has 1 aliphatic rings. The first-order chi connectivity index (χ1) is 9.61. The van der Waals surface area contributed by atoms with Crippen LogP contribution in [0.4, 0.5) is 5.95 Å². The number of carbonyl (C=O) groups is 1. The third-order valence-corrected chi connectivity index (χ3v) is 3.14. The van der Waals surface area contributed by atoms with E-state index in [1.54, 1.807) is 4.90 Å². The van der Waals surface area contributed by atoms with Crippen molar-refractivity contribution < 1.29 is 9.53 Å². The van der Waals surface area contributed by atoms with Crippen LogP contribution in [0.1, 0.15) is 13.3 Å². The molecule has 0 aromatic carbocycles. The fourth-order valence-electron chi connectivity index (χ4n) is 1.87. The van der Waals surface area contributed by atoms with Crippen LogP contribution in [-0.4, -0.2) is 53.2 Å². The molecule has 1 N–H and O–H groups in total. The maximum Gasteiger partial charge on any atom is 0.245 e. The summed E-state index contributed by atoms with van der Waals surface area (Å²) in [5, 5.41) is 2.83. The van der Waals surface area contributed by atoms with Crippen molar-refractivity contribution in [3.8, 4) is 0 Å². The van der Waals surface area contributed by atoms with Gasteiger partial charge in [0.15, 0.2) is 0 Å². The molecule has 9 heteroatoms. The Labute approximate surface area is 126 Å². The molecule has 1 aromatic heterocycles. The Bertz CT molecular complexity index is 468. The van der Waals surface area contributed by atoms with Crippen LogP contribution in [0, 0.1) is 0 Å². The highest BCUT2D eigenvalue weighted by molar-refractivity contribution is 6.31. The van der Waals surface area contributed by atoms with Gasteiger partial charge >= 0.3 is 0 Å². The van der Waals surface area contributed by atoms with E-state index in [1.807, 2.05) is 6.92 Å². The standard InChI is InChI=1S/C11H15Cl2N5O2/c1-2-3-14-8(19)7-6-20-5-4-18(7)11-16-9(12)15-10(13)17-11/h7H,2-6H2,1H3,(H,14,19). The van der Waals surface area contributed by atoms with Gasteiger partial charge in [0, 0.05) is 13.1 Å². The lowest BCUT2D eigenvalue weighted by Crippen LogP contribution is -2.54. The molecule has 1 unspecified atom stereocenters. The Balaban J connectivity index is 2.19. The molecule has 2 heterocycles. The van der Waals surface area contributed by atoms with E-state index in [2.05, 4.69) is 20.3 Å². The summed E-state index contributed by atoms with van der Waals surface area (Å²) in [6, 6.07) is -0.496. The van der Waals surface area contributed by atoms with Crippen molar-refractivity contribution in [2.45, 2.75) is 19.4 Å². The van der Waals surface area contributed by atoms with Gasteiger partial charge in [0.1, 0.15) is 6.04 Å². The van der Waals surface area contributed by atoms with Crippen molar-refractivity contribution >= 4 is 35.1 Å². The first-order valence-corrected chi connectivity index (χ1v) is 7.06. The lowest BCUT2D eigenvalue weighted by molar-refractivity contribution is -0.124. The number of nitrogens with one attached hydrogen (secondary N) is 1. The van der Waals surface area contributed by atoms with Crippen molar-refractivity contribution in [3.05, 3.63) is 10.6 Å². The van der Waals surface area contributed by atoms with E-state index >= 15 is 0 Å². The van der Waals surface area contributed by atoms with Gasteiger partial charge in [-0.05, 0) is 29.6 Å². The van der Waals surface area contributed by atoms with Crippen LogP contribution in [-0.2, 0) is 9.53 Å². The van der Waals surface area contributed by atoms with Crippen LogP contribution < -0.4 is 10.2 Å². The monoisotopic (exact) mass is 319 g/mol. The number of morpholine rings is 1. The largest absolute Gasteiger partial charge is 0.377 e. The van der Waals surface area contributed by atoms with Crippen LogP contribution in [0.3, 0.4) is 0 Å². The summed E-state index contributed by atoms with van der Waals surface area (Å²) in [7, 11) is 0. The molecule has 1 saturated heterocycles. The zero-order valence-corrected chi connectivity index (χ0v) is 12.5. The molecular weight excluding hydrogens is 305 g/mol. The Morgan fingerprint density at radius 2 is 2.10 bits per heavy atom. The zero-order chi connectivity index (χ0) is 14.5. The van der Waals surface area contributed by atoms with Crippen LogP contribution in [0.15, 0.2) is 0 Å². The molecule has 0 spiro atoms. The normalized spacial score (nSPS) is 18.9. The van der Waals surface area contributed by atoms with Gasteiger partial charge in [-0.3, -0.25) is 4.79 Å². The predicted molar refractivity (Wildman–Crippen MR) is 75.1 cm³/mol. The minimum Gasteiger partial charge on any atom is -0.377 e. The molecule has 110 valence electrons. The summed E-state index contributed by atoms with van der Waals surface area (Å²) in [5.74, 6) is 0.161. The molecule has 1 aliphatic heterocycles. The number of hydrogen-bond donors (Lipinski definition) is 1. The van der Waals surface area contributed by atoms with E-state index in [1.165, 1.54) is 0 Å². The maximum absolute atomic E-state index is 12.1. The van der Waals surface area contributed by atoms with Gasteiger partial charge in [0.2, 0.25) is 22.4 Å². The third kappa shape index (κ3) is 3.68. The van der Waals surface area contributed by atoms with E-state index in [0.717, 1.165) is 6.42 Å². The number of carbonyl (C=O) groups excluding carboxylic acids is 1. The molecule has 1 atom stereocenters. The highest BCUT2D eigenvalue weighted by Crippen LogP contribution is 2.18. The molecule has 0 bridgehead atoms. The quantitative estimate of drug-likeness (QED) is 0.888. The van der Waals surface area contributed by atoms with Crippen molar-refractivity contribution in [3.63, 3.8) is 0 Å². The Morgan fingerprint density at radius 3 is 2.75 bits per heavy atom. The molecule has 20 heavy (non-hydrogen) atoms. The number of ether oxygens (including phenoxy) is 1. The average molecular weight is 320 g/mol. The van der Waals surface area contributed by atoms with Crippen molar-refractivity contribution in [2.24, 2.45) is 0 Å². The Kier molecular flexibility index (Phi) is 5.33. The van der Waals surface area contributed by atoms with E-state index in [0.29, 0.717) is 19.7 Å². The van der Waals surface area contributed by atoms with Crippen molar-refractivity contribution in [2.75, 3.05) is 31.2 Å². The number of nitrogens with zero attached hydrogens (tertiary/aromatic N) is 4. The Morgan fingerprint density at radius 1 is 1.40 bits per heavy atom. The van der Waals surface area contributed by atoms with Crippen molar-refractivity contribution in [1.82, 2.24) is 20.3 Å². The SMILES string of the molecule is CCCNC(=O)C1COCCN1c1nc(Cl)nc(Cl)n1. The molecule has 1 amide bonds. The average Bonchev–Trinajstić information content (AvgIpc) is 2.43. The summed E-state index contributed by atoms with van der Waals surface area (Å²) in [6.45, 7) is 3.85. The second-order valence-corrected chi connectivity index (χ2v) is 4.92. The molecule has 0 saturated carbocycles. The van der Waals surface area contributed by atoms with E-state index in [-0.39, 0.29) is 29.0 Å². The fraction of sp³-hybridized carbons (Fsp3) is 0.636. The number of anilines is 1. The molecule has 0 radical (unpaired) electrons. The van der Waals surface area contributed by atoms with E-state index in [4.69, 9.17) is 27.9 Å². The molecule has 7 nitrogen and oxygen atoms in total. The van der Waals surface area contributed by atoms with Gasteiger partial charge in [-0.25, -0.2) is 0 Å². The van der Waals surface area contributed by atoms with Gasteiger partial charge in [-0.2, -0.15) is 15.0 Å². The van der Waals surface area contributed by atoms with E-state index in [9.17, 15) is 4.79 Å². The third-order valence-electron chi connectivity index (χ3n) is 2.81. The number of rotatable bonds is 4. The summed E-state index contributed by atoms with van der Waals surface area (Å²) >= 11 is 11.6. The van der Waals surface area contributed by atoms with Gasteiger partial charge in [-0.1, -0.05) is 6.92 Å². The highest BCUT2D eigenvalue weighted by atomic mass is 35.5. The Hall–Kier alpha value is -1.18. The van der Waals surface area contributed by atoms with Crippen LogP contribution in [0.2, 0.25) is 10.6 Å². The second-order valence-electron chi connectivity index (χ2n) is 4.25. The number of hydrogen-bond acceptors (Lipinski definition) is 6. The maximum atomic E-state index is 12.1. The van der Waals surface area contributed by atoms with Crippen molar-refractivity contribution in [1.29, 1.82) is 0 Å².